The Morgan fingerprint density at radius 2 is 1.76 bits per heavy atom. The van der Waals surface area contributed by atoms with E-state index in [4.69, 9.17) is 9.72 Å². The molecule has 1 saturated carbocycles. The van der Waals surface area contributed by atoms with E-state index in [1.165, 1.54) is 37.7 Å². The standard InChI is InChI=1S/C22H31N3O.C10H18O/c1-5-9-17(13-12-15(3)6-2)25-21-18-10-7-8-11-19(18)23-14-20(21)24-22(25)16(4)26;1-8(9-6-5-7-9)11-10(2,3)4/h7-8,10-11,14-17,26H,5-6,9,12-13H2,1-4H3;5-7H2,1-4H3/t15?,16-,17?;/m1./s1. The predicted octanol–water partition coefficient (Wildman–Crippen LogP) is 9.06. The van der Waals surface area contributed by atoms with Gasteiger partial charge in [0, 0.05) is 11.4 Å². The number of para-hydroxylation sites is 1. The molecular formula is C32H49N3O2. The molecule has 4 rings (SSSR count). The first-order valence-corrected chi connectivity index (χ1v) is 14.4. The summed E-state index contributed by atoms with van der Waals surface area (Å²) in [5.41, 5.74) is 4.47. The van der Waals surface area contributed by atoms with E-state index in [1.807, 2.05) is 25.3 Å². The summed E-state index contributed by atoms with van der Waals surface area (Å²) in [6.45, 7) is 17.0. The van der Waals surface area contributed by atoms with Gasteiger partial charge in [-0.3, -0.25) is 4.98 Å². The summed E-state index contributed by atoms with van der Waals surface area (Å²) >= 11 is 0. The van der Waals surface area contributed by atoms with Crippen LogP contribution in [0.2, 0.25) is 0 Å². The molecule has 3 aromatic rings. The number of allylic oxidation sites excluding steroid dienone is 2. The normalized spacial score (nSPS) is 16.1. The van der Waals surface area contributed by atoms with Gasteiger partial charge in [-0.25, -0.2) is 4.98 Å². The van der Waals surface area contributed by atoms with Gasteiger partial charge in [0.2, 0.25) is 0 Å². The highest BCUT2D eigenvalue weighted by Gasteiger charge is 2.23. The van der Waals surface area contributed by atoms with E-state index in [9.17, 15) is 5.11 Å². The topological polar surface area (TPSA) is 60.2 Å². The second-order valence-electron chi connectivity index (χ2n) is 11.8. The fourth-order valence-electron chi connectivity index (χ4n) is 5.06. The maximum Gasteiger partial charge on any atom is 0.138 e. The quantitative estimate of drug-likeness (QED) is 0.293. The number of pyridine rings is 1. The van der Waals surface area contributed by atoms with Gasteiger partial charge in [-0.05, 0) is 90.7 Å². The van der Waals surface area contributed by atoms with Crippen LogP contribution in [0.5, 0.6) is 0 Å². The van der Waals surface area contributed by atoms with Crippen LogP contribution in [0.1, 0.15) is 125 Å². The van der Waals surface area contributed by atoms with Crippen molar-refractivity contribution in [3.63, 3.8) is 0 Å². The predicted molar refractivity (Wildman–Crippen MR) is 156 cm³/mol. The van der Waals surface area contributed by atoms with Gasteiger partial charge in [0.25, 0.3) is 0 Å². The maximum absolute atomic E-state index is 10.4. The molecule has 0 bridgehead atoms. The van der Waals surface area contributed by atoms with Gasteiger partial charge >= 0.3 is 0 Å². The minimum Gasteiger partial charge on any atom is -0.493 e. The number of aromatic nitrogens is 3. The third kappa shape index (κ3) is 7.56. The molecule has 1 aliphatic carbocycles. The van der Waals surface area contributed by atoms with Crippen LogP contribution in [-0.4, -0.2) is 25.2 Å². The molecular weight excluding hydrogens is 458 g/mol. The van der Waals surface area contributed by atoms with Crippen molar-refractivity contribution < 1.29 is 9.84 Å². The van der Waals surface area contributed by atoms with Crippen molar-refractivity contribution in [1.29, 1.82) is 0 Å². The van der Waals surface area contributed by atoms with Crippen LogP contribution >= 0.6 is 0 Å². The third-order valence-corrected chi connectivity index (χ3v) is 7.42. The van der Waals surface area contributed by atoms with Crippen molar-refractivity contribution >= 4 is 21.9 Å². The van der Waals surface area contributed by atoms with E-state index in [2.05, 4.69) is 70.1 Å². The SMILES string of the molecule is CC(OC(C)(C)C)=C1CCC1.CCCC(CCC(C)CC)n1c([C@@H](C)O)nc2cnc3ccccc3c21. The summed E-state index contributed by atoms with van der Waals surface area (Å²) in [5.74, 6) is 2.64. The Morgan fingerprint density at radius 3 is 2.32 bits per heavy atom. The largest absolute Gasteiger partial charge is 0.493 e. The Morgan fingerprint density at radius 1 is 1.05 bits per heavy atom. The average Bonchev–Trinajstić information content (AvgIpc) is 3.20. The maximum atomic E-state index is 10.4. The number of fused-ring (bicyclic) bond motifs is 3. The number of rotatable bonds is 9. The lowest BCUT2D eigenvalue weighted by atomic mass is 9.91. The van der Waals surface area contributed by atoms with Crippen LogP contribution in [0.25, 0.3) is 21.9 Å². The molecule has 0 aliphatic heterocycles. The van der Waals surface area contributed by atoms with Crippen molar-refractivity contribution in [3.8, 4) is 0 Å². The second kappa shape index (κ2) is 12.9. The smallest absolute Gasteiger partial charge is 0.138 e. The van der Waals surface area contributed by atoms with Crippen molar-refractivity contribution in [3.05, 3.63) is 47.6 Å². The summed E-state index contributed by atoms with van der Waals surface area (Å²) in [7, 11) is 0. The van der Waals surface area contributed by atoms with Gasteiger partial charge in [-0.15, -0.1) is 0 Å². The highest BCUT2D eigenvalue weighted by molar-refractivity contribution is 6.02. The van der Waals surface area contributed by atoms with E-state index >= 15 is 0 Å². The number of nitrogens with zero attached hydrogens (tertiary/aromatic N) is 3. The average molecular weight is 508 g/mol. The molecule has 2 unspecified atom stereocenters. The van der Waals surface area contributed by atoms with Gasteiger partial charge < -0.3 is 14.4 Å². The van der Waals surface area contributed by atoms with Crippen molar-refractivity contribution in [2.24, 2.45) is 5.92 Å². The van der Waals surface area contributed by atoms with Gasteiger partial charge in [0.05, 0.1) is 23.0 Å². The highest BCUT2D eigenvalue weighted by atomic mass is 16.5. The summed E-state index contributed by atoms with van der Waals surface area (Å²) in [5, 5.41) is 11.5. The molecule has 3 atom stereocenters. The van der Waals surface area contributed by atoms with Crippen molar-refractivity contribution in [2.45, 2.75) is 125 Å². The zero-order chi connectivity index (χ0) is 27.2. The summed E-state index contributed by atoms with van der Waals surface area (Å²) in [6.07, 6.45) is 10.8. The van der Waals surface area contributed by atoms with Gasteiger partial charge in [-0.1, -0.05) is 51.8 Å². The first-order valence-electron chi connectivity index (χ1n) is 14.4. The molecule has 37 heavy (non-hydrogen) atoms. The molecule has 0 radical (unpaired) electrons. The Kier molecular flexibility index (Phi) is 10.2. The molecule has 1 N–H and O–H groups in total. The molecule has 2 aromatic heterocycles. The number of aliphatic hydroxyl groups is 1. The van der Waals surface area contributed by atoms with E-state index in [-0.39, 0.29) is 5.60 Å². The van der Waals surface area contributed by atoms with Crippen molar-refractivity contribution in [1.82, 2.24) is 14.5 Å². The minimum atomic E-state index is -0.593. The van der Waals surface area contributed by atoms with Crippen molar-refractivity contribution in [2.75, 3.05) is 0 Å². The lowest BCUT2D eigenvalue weighted by Crippen LogP contribution is -2.19. The first-order chi connectivity index (χ1) is 17.6. The first kappa shape index (κ1) is 29.2. The number of benzene rings is 1. The zero-order valence-electron chi connectivity index (χ0n) is 24.5. The van der Waals surface area contributed by atoms with Crippen LogP contribution in [0.4, 0.5) is 0 Å². The molecule has 0 saturated heterocycles. The minimum absolute atomic E-state index is 0.0212. The van der Waals surface area contributed by atoms with Crippen LogP contribution in [0, 0.1) is 5.92 Å². The molecule has 1 aliphatic rings. The zero-order valence-corrected chi connectivity index (χ0v) is 24.5. The highest BCUT2D eigenvalue weighted by Crippen LogP contribution is 2.34. The molecule has 1 fully saturated rings. The molecule has 2 heterocycles. The van der Waals surface area contributed by atoms with E-state index in [0.29, 0.717) is 6.04 Å². The molecule has 0 amide bonds. The second-order valence-corrected chi connectivity index (χ2v) is 11.8. The van der Waals surface area contributed by atoms with E-state index in [0.717, 1.165) is 58.7 Å². The Bertz CT molecular complexity index is 1180. The van der Waals surface area contributed by atoms with Crippen LogP contribution in [0.3, 0.4) is 0 Å². The van der Waals surface area contributed by atoms with E-state index in [1.54, 1.807) is 0 Å². The summed E-state index contributed by atoms with van der Waals surface area (Å²) in [4.78, 5) is 9.32. The number of aliphatic hydroxyl groups excluding tert-OH is 1. The summed E-state index contributed by atoms with van der Waals surface area (Å²) in [6, 6.07) is 8.59. The monoisotopic (exact) mass is 507 g/mol. The molecule has 5 heteroatoms. The van der Waals surface area contributed by atoms with E-state index < -0.39 is 6.10 Å². The van der Waals surface area contributed by atoms with Crippen LogP contribution in [0.15, 0.2) is 41.8 Å². The Balaban J connectivity index is 0.000000289. The Hall–Kier alpha value is -2.40. The van der Waals surface area contributed by atoms with Crippen LogP contribution in [-0.2, 0) is 4.74 Å². The molecule has 0 spiro atoms. The fraction of sp³-hybridized carbons (Fsp3) is 0.625. The number of ether oxygens (including phenoxy) is 1. The number of hydrogen-bond donors (Lipinski definition) is 1. The van der Waals surface area contributed by atoms with Gasteiger partial charge in [-0.2, -0.15) is 0 Å². The lowest BCUT2D eigenvalue weighted by Gasteiger charge is -2.27. The number of imidazole rings is 1. The fourth-order valence-corrected chi connectivity index (χ4v) is 5.06. The van der Waals surface area contributed by atoms with Gasteiger partial charge in [0.15, 0.2) is 0 Å². The summed E-state index contributed by atoms with van der Waals surface area (Å²) < 4.78 is 8.04. The number of hydrogen-bond acceptors (Lipinski definition) is 4. The Labute approximate surface area is 224 Å². The molecule has 204 valence electrons. The third-order valence-electron chi connectivity index (χ3n) is 7.42. The van der Waals surface area contributed by atoms with Gasteiger partial charge in [0.1, 0.15) is 23.0 Å². The van der Waals surface area contributed by atoms with Crippen LogP contribution < -0.4 is 0 Å². The molecule has 5 nitrogen and oxygen atoms in total. The molecule has 1 aromatic carbocycles. The lowest BCUT2D eigenvalue weighted by molar-refractivity contribution is 0.0492.